The molecule has 240 valence electrons. The van der Waals surface area contributed by atoms with E-state index in [2.05, 4.69) is 158 Å². The summed E-state index contributed by atoms with van der Waals surface area (Å²) in [5, 5.41) is 6.92. The second kappa shape index (κ2) is 12.0. The van der Waals surface area contributed by atoms with Gasteiger partial charge < -0.3 is 4.42 Å². The lowest BCUT2D eigenvalue weighted by Gasteiger charge is -2.15. The van der Waals surface area contributed by atoms with E-state index >= 15 is 0 Å². The Morgan fingerprint density at radius 2 is 1.14 bits per heavy atom. The molecule has 0 amide bonds. The number of allylic oxidation sites excluding steroid dienone is 4. The molecule has 9 aromatic rings. The molecule has 1 aliphatic rings. The maximum absolute atomic E-state index is 6.66. The van der Waals surface area contributed by atoms with Gasteiger partial charge in [-0.1, -0.05) is 152 Å². The Bertz CT molecular complexity index is 2840. The van der Waals surface area contributed by atoms with Gasteiger partial charge in [0.2, 0.25) is 0 Å². The lowest BCUT2D eigenvalue weighted by atomic mass is 9.98. The second-order valence-electron chi connectivity index (χ2n) is 13.2. The third kappa shape index (κ3) is 5.20. The van der Waals surface area contributed by atoms with Crippen LogP contribution >= 0.6 is 0 Å². The topological polar surface area (TPSA) is 51.8 Å². The first-order valence-corrected chi connectivity index (χ1v) is 17.4. The van der Waals surface area contributed by atoms with Crippen molar-refractivity contribution in [2.45, 2.75) is 12.3 Å². The van der Waals surface area contributed by atoms with Crippen LogP contribution < -0.4 is 0 Å². The zero-order valence-electron chi connectivity index (χ0n) is 27.7. The molecule has 2 aromatic heterocycles. The fraction of sp³-hybridized carbons (Fsp3) is 0.0426. The fourth-order valence-electron chi connectivity index (χ4n) is 7.38. The molecule has 0 saturated carbocycles. The van der Waals surface area contributed by atoms with Gasteiger partial charge in [-0.3, -0.25) is 0 Å². The number of hydrogen-bond donors (Lipinski definition) is 0. The van der Waals surface area contributed by atoms with E-state index in [1.165, 1.54) is 27.1 Å². The van der Waals surface area contributed by atoms with E-state index in [1.54, 1.807) is 0 Å². The van der Waals surface area contributed by atoms with Crippen LogP contribution in [0.1, 0.15) is 18.2 Å². The van der Waals surface area contributed by atoms with Crippen molar-refractivity contribution in [2.75, 3.05) is 0 Å². The van der Waals surface area contributed by atoms with Crippen LogP contribution in [0.2, 0.25) is 0 Å². The Kier molecular flexibility index (Phi) is 6.91. The Hall–Kier alpha value is -6.65. The number of furan rings is 1. The van der Waals surface area contributed by atoms with Crippen molar-refractivity contribution in [3.05, 3.63) is 176 Å². The lowest BCUT2D eigenvalue weighted by molar-refractivity contribution is 0.670. The Labute approximate surface area is 295 Å². The molecule has 51 heavy (non-hydrogen) atoms. The lowest BCUT2D eigenvalue weighted by Crippen LogP contribution is -2.08. The van der Waals surface area contributed by atoms with Crippen molar-refractivity contribution in [1.29, 1.82) is 0 Å². The minimum Gasteiger partial charge on any atom is -0.455 e. The number of benzene rings is 7. The smallest absolute Gasteiger partial charge is 0.164 e. The van der Waals surface area contributed by atoms with Gasteiger partial charge in [0.25, 0.3) is 0 Å². The van der Waals surface area contributed by atoms with Crippen LogP contribution in [0.3, 0.4) is 0 Å². The van der Waals surface area contributed by atoms with E-state index in [0.717, 1.165) is 62.0 Å². The SMILES string of the molecule is C1=CCC(c2nc(-c3ccc(-c4ccc5ccccc5c4)cc3)nc(-c3cccc4oc5c(-c6ccc7ccccc7c6)cccc5c34)n2)C=C1. The molecular formula is C47H31N3O. The Balaban J connectivity index is 1.11. The summed E-state index contributed by atoms with van der Waals surface area (Å²) < 4.78 is 6.66. The Morgan fingerprint density at radius 1 is 0.490 bits per heavy atom. The van der Waals surface area contributed by atoms with Crippen LogP contribution in [0.25, 0.3) is 88.5 Å². The fourth-order valence-corrected chi connectivity index (χ4v) is 7.38. The average molecular weight is 654 g/mol. The highest BCUT2D eigenvalue weighted by molar-refractivity contribution is 6.15. The molecular weight excluding hydrogens is 623 g/mol. The zero-order valence-corrected chi connectivity index (χ0v) is 27.7. The molecule has 10 rings (SSSR count). The molecule has 1 atom stereocenters. The second-order valence-corrected chi connectivity index (χ2v) is 13.2. The molecule has 4 nitrogen and oxygen atoms in total. The van der Waals surface area contributed by atoms with Crippen molar-refractivity contribution in [1.82, 2.24) is 15.0 Å². The third-order valence-electron chi connectivity index (χ3n) is 10.0. The number of rotatable bonds is 5. The number of nitrogens with zero attached hydrogens (tertiary/aromatic N) is 3. The number of hydrogen-bond acceptors (Lipinski definition) is 4. The largest absolute Gasteiger partial charge is 0.455 e. The highest BCUT2D eigenvalue weighted by atomic mass is 16.3. The minimum atomic E-state index is 0.0622. The van der Waals surface area contributed by atoms with Crippen LogP contribution in [-0.4, -0.2) is 15.0 Å². The van der Waals surface area contributed by atoms with Gasteiger partial charge in [-0.2, -0.15) is 0 Å². The molecule has 0 N–H and O–H groups in total. The highest BCUT2D eigenvalue weighted by Crippen LogP contribution is 2.41. The first-order valence-electron chi connectivity index (χ1n) is 17.4. The molecule has 1 aliphatic carbocycles. The standard InChI is InChI=1S/C47H31N3O/c1-2-12-33(13-3-1)45-48-46(34-24-20-32(21-25-34)37-26-22-30-10-4-6-14-35(30)28-37)50-47(49-45)41-18-9-19-42-43(41)40-17-8-16-39(44(40)51-42)38-27-23-31-11-5-7-15-36(31)29-38/h1-12,14-29,33H,13H2. The van der Waals surface area contributed by atoms with Gasteiger partial charge in [0.05, 0.1) is 0 Å². The summed E-state index contributed by atoms with van der Waals surface area (Å²) in [6.45, 7) is 0. The van der Waals surface area contributed by atoms with Crippen molar-refractivity contribution >= 4 is 43.5 Å². The summed E-state index contributed by atoms with van der Waals surface area (Å²) >= 11 is 0. The highest BCUT2D eigenvalue weighted by Gasteiger charge is 2.21. The van der Waals surface area contributed by atoms with Crippen molar-refractivity contribution in [3.8, 4) is 45.0 Å². The molecule has 1 unspecified atom stereocenters. The molecule has 0 aliphatic heterocycles. The van der Waals surface area contributed by atoms with E-state index in [9.17, 15) is 0 Å². The van der Waals surface area contributed by atoms with E-state index < -0.39 is 0 Å². The van der Waals surface area contributed by atoms with Crippen LogP contribution in [0.5, 0.6) is 0 Å². The summed E-state index contributed by atoms with van der Waals surface area (Å²) in [5.74, 6) is 2.12. The summed E-state index contributed by atoms with van der Waals surface area (Å²) in [6.07, 6.45) is 9.35. The predicted molar refractivity (Wildman–Crippen MR) is 209 cm³/mol. The van der Waals surface area contributed by atoms with Crippen molar-refractivity contribution < 1.29 is 4.42 Å². The average Bonchev–Trinajstić information content (AvgIpc) is 3.60. The van der Waals surface area contributed by atoms with Gasteiger partial charge in [-0.25, -0.2) is 15.0 Å². The summed E-state index contributed by atoms with van der Waals surface area (Å²) in [6, 6.07) is 51.2. The summed E-state index contributed by atoms with van der Waals surface area (Å²) in [4.78, 5) is 15.4. The maximum atomic E-state index is 6.66. The van der Waals surface area contributed by atoms with Crippen LogP contribution in [0.15, 0.2) is 174 Å². The van der Waals surface area contributed by atoms with Gasteiger partial charge in [0.15, 0.2) is 11.6 Å². The molecule has 4 heteroatoms. The van der Waals surface area contributed by atoms with E-state index in [1.807, 2.05) is 12.1 Å². The van der Waals surface area contributed by atoms with E-state index in [4.69, 9.17) is 19.4 Å². The van der Waals surface area contributed by atoms with E-state index in [-0.39, 0.29) is 5.92 Å². The monoisotopic (exact) mass is 653 g/mol. The predicted octanol–water partition coefficient (Wildman–Crippen LogP) is 12.3. The molecule has 2 heterocycles. The number of fused-ring (bicyclic) bond motifs is 5. The quantitative estimate of drug-likeness (QED) is 0.185. The van der Waals surface area contributed by atoms with E-state index in [0.29, 0.717) is 11.6 Å². The van der Waals surface area contributed by atoms with Gasteiger partial charge >= 0.3 is 0 Å². The number of aromatic nitrogens is 3. The first kappa shape index (κ1) is 29.3. The normalized spacial score (nSPS) is 14.2. The number of para-hydroxylation sites is 1. The van der Waals surface area contributed by atoms with Gasteiger partial charge in [-0.05, 0) is 62.9 Å². The van der Waals surface area contributed by atoms with Crippen molar-refractivity contribution in [2.24, 2.45) is 0 Å². The molecule has 0 radical (unpaired) electrons. The molecule has 0 fully saturated rings. The minimum absolute atomic E-state index is 0.0622. The van der Waals surface area contributed by atoms with Gasteiger partial charge in [-0.15, -0.1) is 0 Å². The van der Waals surface area contributed by atoms with Gasteiger partial charge in [0, 0.05) is 33.4 Å². The van der Waals surface area contributed by atoms with Crippen LogP contribution in [0.4, 0.5) is 0 Å². The molecule has 0 spiro atoms. The zero-order chi connectivity index (χ0) is 33.7. The summed E-state index contributed by atoms with van der Waals surface area (Å²) in [5.41, 5.74) is 8.04. The third-order valence-corrected chi connectivity index (χ3v) is 10.0. The van der Waals surface area contributed by atoms with Crippen LogP contribution in [-0.2, 0) is 0 Å². The first-order chi connectivity index (χ1) is 25.2. The Morgan fingerprint density at radius 3 is 1.90 bits per heavy atom. The maximum Gasteiger partial charge on any atom is 0.164 e. The molecule has 7 aromatic carbocycles. The molecule has 0 saturated heterocycles. The van der Waals surface area contributed by atoms with Crippen molar-refractivity contribution in [3.63, 3.8) is 0 Å². The summed E-state index contributed by atoms with van der Waals surface area (Å²) in [7, 11) is 0. The van der Waals surface area contributed by atoms with Gasteiger partial charge in [0.1, 0.15) is 17.0 Å². The van der Waals surface area contributed by atoms with Crippen LogP contribution in [0, 0.1) is 0 Å². The molecule has 0 bridgehead atoms.